The monoisotopic (exact) mass is 284 g/mol. The van der Waals surface area contributed by atoms with Crippen LogP contribution in [-0.4, -0.2) is 42.8 Å². The quantitative estimate of drug-likeness (QED) is 0.769. The summed E-state index contributed by atoms with van der Waals surface area (Å²) in [6.45, 7) is 7.38. The van der Waals surface area contributed by atoms with E-state index in [9.17, 15) is 5.11 Å². The molecule has 0 aromatic heterocycles. The van der Waals surface area contributed by atoms with Crippen LogP contribution in [0.3, 0.4) is 0 Å². The SMILES string of the molecule is CC(C)CNCC(O)CN(C)Cc1ccc(Cl)cc1. The number of likely N-dealkylation sites (N-methyl/N-ethyl adjacent to an activating group) is 1. The molecule has 0 aliphatic carbocycles. The topological polar surface area (TPSA) is 35.5 Å². The highest BCUT2D eigenvalue weighted by molar-refractivity contribution is 6.30. The van der Waals surface area contributed by atoms with Crippen molar-refractivity contribution in [1.82, 2.24) is 10.2 Å². The van der Waals surface area contributed by atoms with Crippen LogP contribution in [0.25, 0.3) is 0 Å². The molecule has 0 saturated heterocycles. The molecule has 1 aromatic rings. The number of aliphatic hydroxyl groups is 1. The minimum absolute atomic E-state index is 0.337. The molecule has 0 aliphatic heterocycles. The molecule has 108 valence electrons. The molecule has 2 N–H and O–H groups in total. The molecule has 19 heavy (non-hydrogen) atoms. The lowest BCUT2D eigenvalue weighted by Gasteiger charge is -2.21. The smallest absolute Gasteiger partial charge is 0.0791 e. The van der Waals surface area contributed by atoms with Crippen LogP contribution in [0.2, 0.25) is 5.02 Å². The highest BCUT2D eigenvalue weighted by Gasteiger charge is 2.08. The summed E-state index contributed by atoms with van der Waals surface area (Å²) >= 11 is 5.85. The molecule has 3 nitrogen and oxygen atoms in total. The van der Waals surface area contributed by atoms with E-state index in [0.717, 1.165) is 18.1 Å². The van der Waals surface area contributed by atoms with Gasteiger partial charge in [-0.25, -0.2) is 0 Å². The molecule has 1 aromatic carbocycles. The van der Waals surface area contributed by atoms with Gasteiger partial charge in [0.25, 0.3) is 0 Å². The summed E-state index contributed by atoms with van der Waals surface area (Å²) in [4.78, 5) is 2.12. The predicted octanol–water partition coefficient (Wildman–Crippen LogP) is 2.38. The van der Waals surface area contributed by atoms with Crippen LogP contribution in [0.4, 0.5) is 0 Å². The van der Waals surface area contributed by atoms with Crippen LogP contribution in [0.15, 0.2) is 24.3 Å². The van der Waals surface area contributed by atoms with Crippen molar-refractivity contribution in [3.8, 4) is 0 Å². The van der Waals surface area contributed by atoms with Crippen molar-refractivity contribution < 1.29 is 5.11 Å². The molecule has 4 heteroatoms. The first kappa shape index (κ1) is 16.4. The van der Waals surface area contributed by atoms with E-state index in [1.807, 2.05) is 31.3 Å². The average Bonchev–Trinajstić information content (AvgIpc) is 2.31. The number of nitrogens with zero attached hydrogens (tertiary/aromatic N) is 1. The first-order valence-corrected chi connectivity index (χ1v) is 7.17. The standard InChI is InChI=1S/C15H25ClN2O/c1-12(2)8-17-9-15(19)11-18(3)10-13-4-6-14(16)7-5-13/h4-7,12,15,17,19H,8-11H2,1-3H3. The number of hydrogen-bond acceptors (Lipinski definition) is 3. The summed E-state index contributed by atoms with van der Waals surface area (Å²) in [5.74, 6) is 0.610. The highest BCUT2D eigenvalue weighted by atomic mass is 35.5. The van der Waals surface area contributed by atoms with E-state index < -0.39 is 0 Å². The Hall–Kier alpha value is -0.610. The van der Waals surface area contributed by atoms with Crippen LogP contribution in [-0.2, 0) is 6.54 Å². The Morgan fingerprint density at radius 3 is 2.42 bits per heavy atom. The van der Waals surface area contributed by atoms with Gasteiger partial charge in [0, 0.05) is 24.7 Å². The second-order valence-corrected chi connectivity index (χ2v) is 5.97. The highest BCUT2D eigenvalue weighted by Crippen LogP contribution is 2.10. The summed E-state index contributed by atoms with van der Waals surface area (Å²) in [6, 6.07) is 7.82. The number of hydrogen-bond donors (Lipinski definition) is 2. The fraction of sp³-hybridized carbons (Fsp3) is 0.600. The zero-order chi connectivity index (χ0) is 14.3. The second-order valence-electron chi connectivity index (χ2n) is 5.53. The number of aliphatic hydroxyl groups excluding tert-OH is 1. The van der Waals surface area contributed by atoms with Gasteiger partial charge in [0.15, 0.2) is 0 Å². The van der Waals surface area contributed by atoms with Crippen LogP contribution >= 0.6 is 11.6 Å². The molecule has 0 amide bonds. The third kappa shape index (κ3) is 7.53. The number of halogens is 1. The Kier molecular flexibility index (Phi) is 7.39. The van der Waals surface area contributed by atoms with Crippen molar-refractivity contribution >= 4 is 11.6 Å². The second kappa shape index (κ2) is 8.54. The maximum absolute atomic E-state index is 9.93. The van der Waals surface area contributed by atoms with Gasteiger partial charge >= 0.3 is 0 Å². The van der Waals surface area contributed by atoms with E-state index in [1.54, 1.807) is 0 Å². The molecule has 0 saturated carbocycles. The Morgan fingerprint density at radius 2 is 1.84 bits per heavy atom. The van der Waals surface area contributed by atoms with Crippen molar-refractivity contribution in [2.24, 2.45) is 5.92 Å². The normalized spacial score (nSPS) is 13.2. The van der Waals surface area contributed by atoms with E-state index in [2.05, 4.69) is 24.1 Å². The molecule has 1 rings (SSSR count). The van der Waals surface area contributed by atoms with Gasteiger partial charge < -0.3 is 10.4 Å². The van der Waals surface area contributed by atoms with Crippen molar-refractivity contribution in [1.29, 1.82) is 0 Å². The fourth-order valence-electron chi connectivity index (χ4n) is 1.93. The number of benzene rings is 1. The lowest BCUT2D eigenvalue weighted by molar-refractivity contribution is 0.120. The summed E-state index contributed by atoms with van der Waals surface area (Å²) in [5, 5.41) is 14.0. The molecular weight excluding hydrogens is 260 g/mol. The lowest BCUT2D eigenvalue weighted by atomic mass is 10.2. The Labute approximate surface area is 121 Å². The van der Waals surface area contributed by atoms with E-state index in [0.29, 0.717) is 19.0 Å². The maximum Gasteiger partial charge on any atom is 0.0791 e. The summed E-state index contributed by atoms with van der Waals surface area (Å²) in [5.41, 5.74) is 1.20. The van der Waals surface area contributed by atoms with Gasteiger partial charge in [0.2, 0.25) is 0 Å². The Bertz CT molecular complexity index is 354. The molecule has 0 bridgehead atoms. The summed E-state index contributed by atoms with van der Waals surface area (Å²) < 4.78 is 0. The van der Waals surface area contributed by atoms with E-state index in [1.165, 1.54) is 5.56 Å². The molecule has 0 radical (unpaired) electrons. The van der Waals surface area contributed by atoms with Gasteiger partial charge in [0.05, 0.1) is 6.10 Å². The first-order valence-electron chi connectivity index (χ1n) is 6.79. The van der Waals surface area contributed by atoms with Gasteiger partial charge in [-0.1, -0.05) is 37.6 Å². The number of nitrogens with one attached hydrogen (secondary N) is 1. The van der Waals surface area contributed by atoms with Gasteiger partial charge in [0.1, 0.15) is 0 Å². The van der Waals surface area contributed by atoms with Gasteiger partial charge in [-0.15, -0.1) is 0 Å². The Balaban J connectivity index is 2.26. The zero-order valence-corrected chi connectivity index (χ0v) is 12.8. The third-order valence-electron chi connectivity index (χ3n) is 2.82. The number of rotatable bonds is 8. The minimum Gasteiger partial charge on any atom is -0.390 e. The van der Waals surface area contributed by atoms with Crippen LogP contribution < -0.4 is 5.32 Å². The van der Waals surface area contributed by atoms with Crippen molar-refractivity contribution in [3.63, 3.8) is 0 Å². The molecular formula is C15H25ClN2O. The van der Waals surface area contributed by atoms with Gasteiger partial charge in [-0.2, -0.15) is 0 Å². The minimum atomic E-state index is -0.337. The van der Waals surface area contributed by atoms with Crippen LogP contribution in [0.1, 0.15) is 19.4 Å². The molecule has 0 spiro atoms. The first-order chi connectivity index (χ1) is 8.97. The van der Waals surface area contributed by atoms with E-state index in [-0.39, 0.29) is 6.10 Å². The van der Waals surface area contributed by atoms with Crippen molar-refractivity contribution in [2.75, 3.05) is 26.7 Å². The average molecular weight is 285 g/mol. The predicted molar refractivity (Wildman–Crippen MR) is 81.5 cm³/mol. The van der Waals surface area contributed by atoms with Crippen molar-refractivity contribution in [2.45, 2.75) is 26.5 Å². The van der Waals surface area contributed by atoms with E-state index >= 15 is 0 Å². The lowest BCUT2D eigenvalue weighted by Crippen LogP contribution is -2.37. The van der Waals surface area contributed by atoms with Gasteiger partial charge in [-0.3, -0.25) is 4.90 Å². The third-order valence-corrected chi connectivity index (χ3v) is 3.07. The molecule has 0 aliphatic rings. The Morgan fingerprint density at radius 1 is 1.21 bits per heavy atom. The summed E-state index contributed by atoms with van der Waals surface area (Å²) in [6.07, 6.45) is -0.337. The summed E-state index contributed by atoms with van der Waals surface area (Å²) in [7, 11) is 2.01. The van der Waals surface area contributed by atoms with Crippen LogP contribution in [0.5, 0.6) is 0 Å². The van der Waals surface area contributed by atoms with Crippen molar-refractivity contribution in [3.05, 3.63) is 34.9 Å². The van der Waals surface area contributed by atoms with E-state index in [4.69, 9.17) is 11.6 Å². The zero-order valence-electron chi connectivity index (χ0n) is 12.1. The molecule has 0 heterocycles. The molecule has 0 fully saturated rings. The molecule has 1 unspecified atom stereocenters. The van der Waals surface area contributed by atoms with Crippen LogP contribution in [0, 0.1) is 5.92 Å². The molecule has 1 atom stereocenters. The van der Waals surface area contributed by atoms with Gasteiger partial charge in [-0.05, 0) is 37.2 Å². The fourth-order valence-corrected chi connectivity index (χ4v) is 2.05. The maximum atomic E-state index is 9.93. The largest absolute Gasteiger partial charge is 0.390 e.